The zero-order valence-corrected chi connectivity index (χ0v) is 12.0. The van der Waals surface area contributed by atoms with Gasteiger partial charge in [0.1, 0.15) is 23.6 Å². The fourth-order valence-electron chi connectivity index (χ4n) is 1.79. The van der Waals surface area contributed by atoms with Crippen molar-refractivity contribution in [1.29, 1.82) is 0 Å². The molecule has 21 heavy (non-hydrogen) atoms. The Balaban J connectivity index is 1.84. The minimum atomic E-state index is -0.150. The molecule has 0 atom stereocenters. The maximum Gasteiger partial charge on any atom is 0.260 e. The van der Waals surface area contributed by atoms with Crippen molar-refractivity contribution in [2.45, 2.75) is 13.5 Å². The number of aryl methyl sites for hydroxylation is 1. The Morgan fingerprint density at radius 3 is 2.52 bits per heavy atom. The summed E-state index contributed by atoms with van der Waals surface area (Å²) in [4.78, 5) is 24.0. The van der Waals surface area contributed by atoms with Gasteiger partial charge in [-0.05, 0) is 43.3 Å². The van der Waals surface area contributed by atoms with Gasteiger partial charge in [0.25, 0.3) is 5.91 Å². The molecule has 0 spiro atoms. The lowest BCUT2D eigenvalue weighted by Gasteiger charge is -2.16. The van der Waals surface area contributed by atoms with Gasteiger partial charge in [0.05, 0.1) is 6.54 Å². The van der Waals surface area contributed by atoms with E-state index >= 15 is 0 Å². The summed E-state index contributed by atoms with van der Waals surface area (Å²) < 4.78 is 10.8. The number of benzene rings is 1. The number of ether oxygens (including phenoxy) is 1. The maximum atomic E-state index is 12.0. The van der Waals surface area contributed by atoms with Crippen molar-refractivity contribution in [3.63, 3.8) is 0 Å². The van der Waals surface area contributed by atoms with Gasteiger partial charge < -0.3 is 14.1 Å². The molecule has 1 aromatic heterocycles. The SMILES string of the molecule is Cc1ccc(CN(C)C(=O)COc2ccc(C=O)cc2)o1. The van der Waals surface area contributed by atoms with E-state index in [0.717, 1.165) is 17.8 Å². The monoisotopic (exact) mass is 287 g/mol. The van der Waals surface area contributed by atoms with Crippen LogP contribution in [0.2, 0.25) is 0 Å². The minimum absolute atomic E-state index is 0.0589. The van der Waals surface area contributed by atoms with E-state index < -0.39 is 0 Å². The number of nitrogens with zero attached hydrogens (tertiary/aromatic N) is 1. The van der Waals surface area contributed by atoms with Crippen LogP contribution in [0.25, 0.3) is 0 Å². The highest BCUT2D eigenvalue weighted by Crippen LogP contribution is 2.12. The third-order valence-electron chi connectivity index (χ3n) is 2.99. The average Bonchev–Trinajstić information content (AvgIpc) is 2.90. The van der Waals surface area contributed by atoms with Gasteiger partial charge in [-0.2, -0.15) is 0 Å². The van der Waals surface area contributed by atoms with Crippen LogP contribution in [0.3, 0.4) is 0 Å². The predicted octanol–water partition coefficient (Wildman–Crippen LogP) is 2.44. The van der Waals surface area contributed by atoms with Crippen LogP contribution < -0.4 is 4.74 Å². The summed E-state index contributed by atoms with van der Waals surface area (Å²) in [5, 5.41) is 0. The Morgan fingerprint density at radius 2 is 1.95 bits per heavy atom. The van der Waals surface area contributed by atoms with Crippen LogP contribution in [0.4, 0.5) is 0 Å². The van der Waals surface area contributed by atoms with Gasteiger partial charge in [-0.25, -0.2) is 0 Å². The van der Waals surface area contributed by atoms with Gasteiger partial charge in [-0.3, -0.25) is 9.59 Å². The first-order chi connectivity index (χ1) is 10.1. The summed E-state index contributed by atoms with van der Waals surface area (Å²) in [6, 6.07) is 10.3. The van der Waals surface area contributed by atoms with Gasteiger partial charge >= 0.3 is 0 Å². The molecule has 0 saturated heterocycles. The van der Waals surface area contributed by atoms with Crippen molar-refractivity contribution in [2.24, 2.45) is 0 Å². The zero-order chi connectivity index (χ0) is 15.2. The lowest BCUT2D eigenvalue weighted by atomic mass is 10.2. The summed E-state index contributed by atoms with van der Waals surface area (Å²) in [7, 11) is 1.69. The van der Waals surface area contributed by atoms with E-state index in [1.165, 1.54) is 4.90 Å². The van der Waals surface area contributed by atoms with Crippen molar-refractivity contribution in [3.8, 4) is 5.75 Å². The normalized spacial score (nSPS) is 10.2. The van der Waals surface area contributed by atoms with Crippen LogP contribution in [0, 0.1) is 6.92 Å². The van der Waals surface area contributed by atoms with Crippen molar-refractivity contribution < 1.29 is 18.7 Å². The molecule has 0 saturated carbocycles. The second-order valence-corrected chi connectivity index (χ2v) is 4.74. The molecule has 0 fully saturated rings. The van der Waals surface area contributed by atoms with E-state index in [9.17, 15) is 9.59 Å². The highest BCUT2D eigenvalue weighted by atomic mass is 16.5. The number of aldehydes is 1. The number of rotatable bonds is 6. The second-order valence-electron chi connectivity index (χ2n) is 4.74. The third-order valence-corrected chi connectivity index (χ3v) is 2.99. The number of hydrogen-bond donors (Lipinski definition) is 0. The number of hydrogen-bond acceptors (Lipinski definition) is 4. The number of amides is 1. The van der Waals surface area contributed by atoms with Crippen LogP contribution in [0.15, 0.2) is 40.8 Å². The second kappa shape index (κ2) is 6.74. The average molecular weight is 287 g/mol. The Bertz CT molecular complexity index is 615. The van der Waals surface area contributed by atoms with E-state index in [1.807, 2.05) is 19.1 Å². The van der Waals surface area contributed by atoms with Crippen molar-refractivity contribution in [2.75, 3.05) is 13.7 Å². The van der Waals surface area contributed by atoms with E-state index in [1.54, 1.807) is 31.3 Å². The lowest BCUT2D eigenvalue weighted by Crippen LogP contribution is -2.30. The van der Waals surface area contributed by atoms with Gasteiger partial charge in [-0.1, -0.05) is 0 Å². The molecule has 2 aromatic rings. The number of carbonyl (C=O) groups is 2. The first-order valence-electron chi connectivity index (χ1n) is 6.56. The fraction of sp³-hybridized carbons (Fsp3) is 0.250. The number of likely N-dealkylation sites (N-methyl/N-ethyl adjacent to an activating group) is 1. The molecule has 5 nitrogen and oxygen atoms in total. The van der Waals surface area contributed by atoms with Crippen molar-refractivity contribution in [1.82, 2.24) is 4.90 Å². The molecule has 2 rings (SSSR count). The number of furan rings is 1. The Morgan fingerprint density at radius 1 is 1.24 bits per heavy atom. The van der Waals surface area contributed by atoms with E-state index in [2.05, 4.69) is 0 Å². The molecule has 5 heteroatoms. The van der Waals surface area contributed by atoms with Crippen LogP contribution in [0.1, 0.15) is 21.9 Å². The third kappa shape index (κ3) is 4.21. The molecular weight excluding hydrogens is 270 g/mol. The van der Waals surface area contributed by atoms with Gasteiger partial charge in [0.2, 0.25) is 0 Å². The Labute approximate surface area is 123 Å². The largest absolute Gasteiger partial charge is 0.484 e. The molecule has 1 aromatic carbocycles. The van der Waals surface area contributed by atoms with Crippen LogP contribution in [-0.2, 0) is 11.3 Å². The summed E-state index contributed by atoms with van der Waals surface area (Å²) in [5.41, 5.74) is 0.569. The Kier molecular flexibility index (Phi) is 4.77. The lowest BCUT2D eigenvalue weighted by molar-refractivity contribution is -0.132. The molecule has 1 heterocycles. The molecule has 0 aliphatic carbocycles. The molecule has 0 bridgehead atoms. The molecule has 0 aliphatic heterocycles. The highest BCUT2D eigenvalue weighted by Gasteiger charge is 2.12. The topological polar surface area (TPSA) is 59.8 Å². The smallest absolute Gasteiger partial charge is 0.260 e. The summed E-state index contributed by atoms with van der Waals surface area (Å²) in [5.74, 6) is 1.95. The summed E-state index contributed by atoms with van der Waals surface area (Å²) >= 11 is 0. The summed E-state index contributed by atoms with van der Waals surface area (Å²) in [6.07, 6.45) is 0.758. The van der Waals surface area contributed by atoms with Crippen LogP contribution >= 0.6 is 0 Å². The standard InChI is InChI=1S/C16H17NO4/c1-12-3-6-15(21-12)9-17(2)16(19)11-20-14-7-4-13(10-18)5-8-14/h3-8,10H,9,11H2,1-2H3. The summed E-state index contributed by atoms with van der Waals surface area (Å²) in [6.45, 7) is 2.20. The minimum Gasteiger partial charge on any atom is -0.484 e. The van der Waals surface area contributed by atoms with Gasteiger partial charge in [0, 0.05) is 12.6 Å². The van der Waals surface area contributed by atoms with Crippen molar-refractivity contribution in [3.05, 3.63) is 53.5 Å². The van der Waals surface area contributed by atoms with Crippen LogP contribution in [-0.4, -0.2) is 30.7 Å². The van der Waals surface area contributed by atoms with Gasteiger partial charge in [0.15, 0.2) is 6.61 Å². The van der Waals surface area contributed by atoms with E-state index in [-0.39, 0.29) is 12.5 Å². The molecule has 0 unspecified atom stereocenters. The van der Waals surface area contributed by atoms with Crippen LogP contribution in [0.5, 0.6) is 5.75 Å². The molecule has 0 radical (unpaired) electrons. The van der Waals surface area contributed by atoms with E-state index in [0.29, 0.717) is 17.9 Å². The zero-order valence-electron chi connectivity index (χ0n) is 12.0. The number of carbonyl (C=O) groups excluding carboxylic acids is 2. The maximum absolute atomic E-state index is 12.0. The molecule has 110 valence electrons. The van der Waals surface area contributed by atoms with E-state index in [4.69, 9.17) is 9.15 Å². The first-order valence-corrected chi connectivity index (χ1v) is 6.56. The molecule has 0 N–H and O–H groups in total. The molecule has 1 amide bonds. The van der Waals surface area contributed by atoms with Gasteiger partial charge in [-0.15, -0.1) is 0 Å². The Hall–Kier alpha value is -2.56. The molecular formula is C16H17NO4. The highest BCUT2D eigenvalue weighted by molar-refractivity contribution is 5.77. The fourth-order valence-corrected chi connectivity index (χ4v) is 1.79. The quantitative estimate of drug-likeness (QED) is 0.766. The van der Waals surface area contributed by atoms with Crippen molar-refractivity contribution >= 4 is 12.2 Å². The molecule has 0 aliphatic rings. The predicted molar refractivity (Wildman–Crippen MR) is 77.2 cm³/mol. The first kappa shape index (κ1) is 14.8.